The Labute approximate surface area is 171 Å². The summed E-state index contributed by atoms with van der Waals surface area (Å²) in [5.41, 5.74) is -0.822. The first-order chi connectivity index (χ1) is 12.8. The lowest BCUT2D eigenvalue weighted by Crippen LogP contribution is -2.39. The molecular formula is C16H22BrN5O5S. The topological polar surface area (TPSA) is 171 Å². The molecule has 154 valence electrons. The van der Waals surface area contributed by atoms with E-state index in [-0.39, 0.29) is 23.2 Å². The van der Waals surface area contributed by atoms with Gasteiger partial charge in [-0.15, -0.1) is 0 Å². The van der Waals surface area contributed by atoms with Gasteiger partial charge in [-0.1, -0.05) is 0 Å². The van der Waals surface area contributed by atoms with E-state index in [2.05, 4.69) is 36.5 Å². The normalized spacial score (nSPS) is 13.2. The second-order valence-corrected chi connectivity index (χ2v) is 9.07. The molecule has 0 fully saturated rings. The van der Waals surface area contributed by atoms with Crippen molar-refractivity contribution >= 4 is 43.4 Å². The summed E-state index contributed by atoms with van der Waals surface area (Å²) in [6.07, 6.45) is 1.49. The SMILES string of the molecule is C[C@@H](Nc1nc(Nc2cc(O)c(S(N)(=O)=O)c(CO)c2)ncc1Br)C(C)(C)O. The number of phenols is 1. The summed E-state index contributed by atoms with van der Waals surface area (Å²) in [5.74, 6) is -0.0529. The molecule has 0 spiro atoms. The lowest BCUT2D eigenvalue weighted by atomic mass is 10.0. The molecule has 0 aliphatic heterocycles. The van der Waals surface area contributed by atoms with Crippen molar-refractivity contribution in [3.05, 3.63) is 28.4 Å². The Kier molecular flexibility index (Phi) is 6.51. The number of hydrogen-bond acceptors (Lipinski definition) is 9. The molecule has 2 aromatic rings. The number of primary sulfonamides is 1. The summed E-state index contributed by atoms with van der Waals surface area (Å²) in [4.78, 5) is 7.86. The molecule has 1 aromatic carbocycles. The number of aliphatic hydroxyl groups excluding tert-OH is 1. The van der Waals surface area contributed by atoms with Crippen molar-refractivity contribution in [2.24, 2.45) is 5.14 Å². The molecule has 0 unspecified atom stereocenters. The summed E-state index contributed by atoms with van der Waals surface area (Å²) < 4.78 is 23.8. The Morgan fingerprint density at radius 3 is 2.54 bits per heavy atom. The van der Waals surface area contributed by atoms with Crippen LogP contribution in [0.5, 0.6) is 5.75 Å². The van der Waals surface area contributed by atoms with Crippen LogP contribution in [0, 0.1) is 0 Å². The molecule has 28 heavy (non-hydrogen) atoms. The van der Waals surface area contributed by atoms with Crippen LogP contribution >= 0.6 is 15.9 Å². The number of aromatic hydroxyl groups is 1. The number of nitrogens with zero attached hydrogens (tertiary/aromatic N) is 2. The zero-order valence-corrected chi connectivity index (χ0v) is 17.8. The number of aliphatic hydroxyl groups is 2. The van der Waals surface area contributed by atoms with Crippen molar-refractivity contribution in [3.8, 4) is 5.75 Å². The van der Waals surface area contributed by atoms with E-state index in [0.717, 1.165) is 6.07 Å². The van der Waals surface area contributed by atoms with Crippen LogP contribution in [0.2, 0.25) is 0 Å². The molecule has 2 rings (SSSR count). The van der Waals surface area contributed by atoms with Crippen molar-refractivity contribution in [2.75, 3.05) is 10.6 Å². The van der Waals surface area contributed by atoms with Crippen LogP contribution in [-0.4, -0.2) is 45.3 Å². The zero-order chi connectivity index (χ0) is 21.3. The van der Waals surface area contributed by atoms with E-state index < -0.39 is 32.9 Å². The third-order valence-electron chi connectivity index (χ3n) is 4.01. The van der Waals surface area contributed by atoms with Crippen LogP contribution in [0.15, 0.2) is 27.7 Å². The van der Waals surface area contributed by atoms with Crippen molar-refractivity contribution in [1.29, 1.82) is 0 Å². The van der Waals surface area contributed by atoms with Gasteiger partial charge in [0.15, 0.2) is 0 Å². The van der Waals surface area contributed by atoms with Crippen LogP contribution < -0.4 is 15.8 Å². The second-order valence-electron chi connectivity index (χ2n) is 6.72. The first kappa shape index (κ1) is 22.3. The Morgan fingerprint density at radius 1 is 1.36 bits per heavy atom. The third kappa shape index (κ3) is 5.29. The highest BCUT2D eigenvalue weighted by atomic mass is 79.9. The fraction of sp³-hybridized carbons (Fsp3) is 0.375. The van der Waals surface area contributed by atoms with E-state index >= 15 is 0 Å². The molecular weight excluding hydrogens is 454 g/mol. The number of hydrogen-bond donors (Lipinski definition) is 6. The van der Waals surface area contributed by atoms with Crippen LogP contribution in [0.25, 0.3) is 0 Å². The molecule has 1 atom stereocenters. The Hall–Kier alpha value is -1.99. The molecule has 0 bridgehead atoms. The number of phenolic OH excluding ortho intramolecular Hbond substituents is 1. The number of nitrogens with one attached hydrogen (secondary N) is 2. The van der Waals surface area contributed by atoms with Crippen molar-refractivity contribution in [2.45, 2.75) is 43.9 Å². The maximum Gasteiger partial charge on any atom is 0.242 e. The summed E-state index contributed by atoms with van der Waals surface area (Å²) in [7, 11) is -4.21. The quantitative estimate of drug-likeness (QED) is 0.346. The van der Waals surface area contributed by atoms with Gasteiger partial charge in [0.2, 0.25) is 16.0 Å². The second kappa shape index (κ2) is 8.17. The number of aromatic nitrogens is 2. The van der Waals surface area contributed by atoms with E-state index in [0.29, 0.717) is 10.3 Å². The molecule has 1 aromatic heterocycles. The highest BCUT2D eigenvalue weighted by molar-refractivity contribution is 9.10. The molecule has 0 saturated carbocycles. The highest BCUT2D eigenvalue weighted by Crippen LogP contribution is 2.31. The Balaban J connectivity index is 2.36. The Morgan fingerprint density at radius 2 is 2.00 bits per heavy atom. The molecule has 0 radical (unpaired) electrons. The van der Waals surface area contributed by atoms with Gasteiger partial charge in [-0.25, -0.2) is 18.5 Å². The van der Waals surface area contributed by atoms with Gasteiger partial charge >= 0.3 is 0 Å². The van der Waals surface area contributed by atoms with Gasteiger partial charge in [-0.3, -0.25) is 0 Å². The minimum Gasteiger partial charge on any atom is -0.506 e. The summed E-state index contributed by atoms with van der Waals surface area (Å²) in [6.45, 7) is 4.46. The number of benzene rings is 1. The summed E-state index contributed by atoms with van der Waals surface area (Å²) >= 11 is 3.33. The molecule has 0 amide bonds. The molecule has 1 heterocycles. The number of nitrogens with two attached hydrogens (primary N) is 1. The van der Waals surface area contributed by atoms with Crippen molar-refractivity contribution in [3.63, 3.8) is 0 Å². The molecule has 12 heteroatoms. The maximum atomic E-state index is 11.6. The zero-order valence-electron chi connectivity index (χ0n) is 15.4. The number of halogens is 1. The molecule has 0 saturated heterocycles. The van der Waals surface area contributed by atoms with Crippen LogP contribution in [-0.2, 0) is 16.6 Å². The minimum atomic E-state index is -4.21. The van der Waals surface area contributed by atoms with Gasteiger partial charge in [0.05, 0.1) is 22.7 Å². The Bertz CT molecular complexity index is 978. The molecule has 7 N–H and O–H groups in total. The molecule has 0 aliphatic rings. The first-order valence-electron chi connectivity index (χ1n) is 8.11. The number of rotatable bonds is 7. The van der Waals surface area contributed by atoms with Gasteiger partial charge in [0.1, 0.15) is 16.5 Å². The lowest BCUT2D eigenvalue weighted by molar-refractivity contribution is 0.0647. The summed E-state index contributed by atoms with van der Waals surface area (Å²) in [5, 5.41) is 40.5. The number of anilines is 3. The average molecular weight is 476 g/mol. The lowest BCUT2D eigenvalue weighted by Gasteiger charge is -2.27. The van der Waals surface area contributed by atoms with E-state index in [4.69, 9.17) is 5.14 Å². The van der Waals surface area contributed by atoms with Gasteiger partial charge in [-0.05, 0) is 42.8 Å². The van der Waals surface area contributed by atoms with E-state index in [1.165, 1.54) is 12.3 Å². The third-order valence-corrected chi connectivity index (χ3v) is 5.63. The van der Waals surface area contributed by atoms with Crippen molar-refractivity contribution < 1.29 is 23.7 Å². The van der Waals surface area contributed by atoms with Crippen LogP contribution in [0.1, 0.15) is 26.3 Å². The molecule has 10 nitrogen and oxygen atoms in total. The fourth-order valence-electron chi connectivity index (χ4n) is 2.23. The predicted molar refractivity (Wildman–Crippen MR) is 108 cm³/mol. The molecule has 0 aliphatic carbocycles. The average Bonchev–Trinajstić information content (AvgIpc) is 2.55. The van der Waals surface area contributed by atoms with Crippen molar-refractivity contribution in [1.82, 2.24) is 9.97 Å². The highest BCUT2D eigenvalue weighted by Gasteiger charge is 2.24. The smallest absolute Gasteiger partial charge is 0.242 e. The number of sulfonamides is 1. The van der Waals surface area contributed by atoms with Gasteiger partial charge in [-0.2, -0.15) is 4.98 Å². The predicted octanol–water partition coefficient (Wildman–Crippen LogP) is 1.40. The van der Waals surface area contributed by atoms with Gasteiger partial charge in [0, 0.05) is 23.5 Å². The van der Waals surface area contributed by atoms with Gasteiger partial charge < -0.3 is 26.0 Å². The van der Waals surface area contributed by atoms with Crippen LogP contribution in [0.3, 0.4) is 0 Å². The van der Waals surface area contributed by atoms with E-state index in [9.17, 15) is 23.7 Å². The monoisotopic (exact) mass is 475 g/mol. The van der Waals surface area contributed by atoms with Crippen LogP contribution in [0.4, 0.5) is 17.5 Å². The minimum absolute atomic E-state index is 0.0730. The summed E-state index contributed by atoms with van der Waals surface area (Å²) in [6, 6.07) is 2.12. The largest absolute Gasteiger partial charge is 0.506 e. The van der Waals surface area contributed by atoms with E-state index in [1.807, 2.05) is 0 Å². The van der Waals surface area contributed by atoms with E-state index in [1.54, 1.807) is 20.8 Å². The standard InChI is InChI=1S/C16H22BrN5O5S/c1-8(16(2,3)25)20-14-11(17)6-19-15(22-14)21-10-4-9(7-23)13(12(24)5-10)28(18,26)27/h4-6,8,23-25H,7H2,1-3H3,(H2,18,26,27)(H2,19,20,21,22)/t8-/m1/s1. The van der Waals surface area contributed by atoms with Gasteiger partial charge in [0.25, 0.3) is 0 Å². The first-order valence-corrected chi connectivity index (χ1v) is 10.4. The fourth-order valence-corrected chi connectivity index (χ4v) is 3.37. The maximum absolute atomic E-state index is 11.6.